The lowest BCUT2D eigenvalue weighted by Gasteiger charge is -2.10. The number of aromatic nitrogens is 3. The first-order valence-electron chi connectivity index (χ1n) is 8.07. The van der Waals surface area contributed by atoms with Crippen molar-refractivity contribution in [1.29, 1.82) is 0 Å². The molecule has 0 unspecified atom stereocenters. The normalized spacial score (nSPS) is 14.3. The average Bonchev–Trinajstić information content (AvgIpc) is 3.16. The quantitative estimate of drug-likeness (QED) is 0.629. The van der Waals surface area contributed by atoms with E-state index in [9.17, 15) is 4.79 Å². The van der Waals surface area contributed by atoms with Gasteiger partial charge in [-0.3, -0.25) is 0 Å². The Labute approximate surface area is 136 Å². The molecule has 0 bridgehead atoms. The molecule has 1 aromatic heterocycles. The summed E-state index contributed by atoms with van der Waals surface area (Å²) in [5, 5.41) is 8.63. The number of nitrogens with zero attached hydrogens (tertiary/aromatic N) is 3. The molecular weight excluding hydrogens is 290 g/mol. The van der Waals surface area contributed by atoms with Gasteiger partial charge in [-0.05, 0) is 43.9 Å². The van der Waals surface area contributed by atoms with Gasteiger partial charge in [0.15, 0.2) is 5.82 Å². The summed E-state index contributed by atoms with van der Waals surface area (Å²) in [6.45, 7) is 5.00. The first kappa shape index (κ1) is 15.5. The van der Waals surface area contributed by atoms with E-state index in [0.717, 1.165) is 25.2 Å². The van der Waals surface area contributed by atoms with Crippen LogP contribution in [0.2, 0.25) is 0 Å². The third-order valence-corrected chi connectivity index (χ3v) is 4.20. The van der Waals surface area contributed by atoms with E-state index in [-0.39, 0.29) is 5.97 Å². The molecular formula is C18H21N3O2. The molecule has 0 amide bonds. The number of ether oxygens (including phenoxy) is 1. The number of carbonyl (C=O) groups is 1. The van der Waals surface area contributed by atoms with Crippen molar-refractivity contribution in [3.63, 3.8) is 0 Å². The molecule has 0 spiro atoms. The fraction of sp³-hybridized carbons (Fsp3) is 0.389. The van der Waals surface area contributed by atoms with E-state index in [1.165, 1.54) is 17.2 Å². The van der Waals surface area contributed by atoms with Crippen LogP contribution in [0.5, 0.6) is 0 Å². The Bertz CT molecular complexity index is 709. The van der Waals surface area contributed by atoms with Crippen LogP contribution in [0.1, 0.15) is 42.5 Å². The van der Waals surface area contributed by atoms with Crippen molar-refractivity contribution in [3.8, 4) is 0 Å². The van der Waals surface area contributed by atoms with Gasteiger partial charge in [-0.1, -0.05) is 24.3 Å². The molecule has 0 saturated carbocycles. The van der Waals surface area contributed by atoms with Gasteiger partial charge in [0.2, 0.25) is 0 Å². The zero-order chi connectivity index (χ0) is 16.2. The number of esters is 1. The van der Waals surface area contributed by atoms with Gasteiger partial charge in [0, 0.05) is 18.5 Å². The summed E-state index contributed by atoms with van der Waals surface area (Å²) in [4.78, 5) is 11.5. The minimum absolute atomic E-state index is 0.351. The molecule has 1 aliphatic carbocycles. The molecule has 1 aromatic carbocycles. The van der Waals surface area contributed by atoms with E-state index in [2.05, 4.69) is 46.0 Å². The Hall–Kier alpha value is -2.43. The molecule has 0 aliphatic heterocycles. The van der Waals surface area contributed by atoms with Gasteiger partial charge in [0.05, 0.1) is 6.61 Å². The standard InChI is InChI=1S/C18H21N3O2/c1-3-21-16(9-10-17(22)23-4-2)19-20-18(21)15-11-13-7-5-6-8-14(13)12-15/h5-10,15H,3-4,11-12H2,1-2H3/b10-9+. The number of benzene rings is 1. The van der Waals surface area contributed by atoms with Crippen LogP contribution < -0.4 is 0 Å². The topological polar surface area (TPSA) is 57.0 Å². The second-order valence-electron chi connectivity index (χ2n) is 5.62. The van der Waals surface area contributed by atoms with E-state index in [1.54, 1.807) is 13.0 Å². The van der Waals surface area contributed by atoms with Crippen LogP contribution in [0.15, 0.2) is 30.3 Å². The van der Waals surface area contributed by atoms with Gasteiger partial charge >= 0.3 is 5.97 Å². The number of rotatable bonds is 5. The van der Waals surface area contributed by atoms with Gasteiger partial charge in [0.1, 0.15) is 5.82 Å². The Morgan fingerprint density at radius 2 is 1.96 bits per heavy atom. The molecule has 3 rings (SSSR count). The maximum atomic E-state index is 11.5. The molecule has 0 N–H and O–H groups in total. The summed E-state index contributed by atoms with van der Waals surface area (Å²) in [5.41, 5.74) is 2.79. The summed E-state index contributed by atoms with van der Waals surface area (Å²) in [6.07, 6.45) is 5.08. The number of hydrogen-bond donors (Lipinski definition) is 0. The van der Waals surface area contributed by atoms with Gasteiger partial charge in [-0.15, -0.1) is 10.2 Å². The molecule has 23 heavy (non-hydrogen) atoms. The lowest BCUT2D eigenvalue weighted by atomic mass is 10.1. The molecule has 5 nitrogen and oxygen atoms in total. The lowest BCUT2D eigenvalue weighted by molar-refractivity contribution is -0.137. The maximum absolute atomic E-state index is 11.5. The van der Waals surface area contributed by atoms with E-state index < -0.39 is 0 Å². The Morgan fingerprint density at radius 3 is 2.57 bits per heavy atom. The van der Waals surface area contributed by atoms with Crippen molar-refractivity contribution < 1.29 is 9.53 Å². The summed E-state index contributed by atoms with van der Waals surface area (Å²) >= 11 is 0. The molecule has 0 radical (unpaired) electrons. The smallest absolute Gasteiger partial charge is 0.330 e. The molecule has 2 aromatic rings. The fourth-order valence-corrected chi connectivity index (χ4v) is 3.15. The fourth-order valence-electron chi connectivity index (χ4n) is 3.15. The summed E-state index contributed by atoms with van der Waals surface area (Å²) < 4.78 is 6.98. The van der Waals surface area contributed by atoms with Crippen LogP contribution in [0.4, 0.5) is 0 Å². The van der Waals surface area contributed by atoms with E-state index in [0.29, 0.717) is 18.3 Å². The van der Waals surface area contributed by atoms with Gasteiger partial charge in [-0.25, -0.2) is 4.79 Å². The Morgan fingerprint density at radius 1 is 1.26 bits per heavy atom. The van der Waals surface area contributed by atoms with Gasteiger partial charge in [0.25, 0.3) is 0 Å². The third kappa shape index (κ3) is 3.18. The molecule has 0 saturated heterocycles. The summed E-state index contributed by atoms with van der Waals surface area (Å²) in [5.74, 6) is 1.69. The van der Waals surface area contributed by atoms with Gasteiger partial charge < -0.3 is 9.30 Å². The molecule has 0 fully saturated rings. The van der Waals surface area contributed by atoms with Crippen LogP contribution in [0, 0.1) is 0 Å². The van der Waals surface area contributed by atoms with E-state index in [1.807, 2.05) is 0 Å². The minimum Gasteiger partial charge on any atom is -0.463 e. The molecule has 1 heterocycles. The third-order valence-electron chi connectivity index (χ3n) is 4.20. The highest BCUT2D eigenvalue weighted by Crippen LogP contribution is 2.33. The zero-order valence-corrected chi connectivity index (χ0v) is 13.5. The summed E-state index contributed by atoms with van der Waals surface area (Å²) in [6, 6.07) is 8.53. The van der Waals surface area contributed by atoms with Crippen LogP contribution >= 0.6 is 0 Å². The highest BCUT2D eigenvalue weighted by molar-refractivity contribution is 5.86. The predicted octanol–water partition coefficient (Wildman–Crippen LogP) is 2.76. The monoisotopic (exact) mass is 311 g/mol. The van der Waals surface area contributed by atoms with E-state index >= 15 is 0 Å². The first-order valence-corrected chi connectivity index (χ1v) is 8.07. The number of carbonyl (C=O) groups excluding carboxylic acids is 1. The van der Waals surface area contributed by atoms with E-state index in [4.69, 9.17) is 4.74 Å². The van der Waals surface area contributed by atoms with Crippen molar-refractivity contribution >= 4 is 12.0 Å². The van der Waals surface area contributed by atoms with Crippen LogP contribution in [-0.2, 0) is 28.9 Å². The van der Waals surface area contributed by atoms with Crippen LogP contribution in [-0.4, -0.2) is 27.3 Å². The Kier molecular flexibility index (Phi) is 4.55. The number of fused-ring (bicyclic) bond motifs is 1. The largest absolute Gasteiger partial charge is 0.463 e. The van der Waals surface area contributed by atoms with Crippen molar-refractivity contribution in [1.82, 2.24) is 14.8 Å². The molecule has 1 aliphatic rings. The Balaban J connectivity index is 1.81. The predicted molar refractivity (Wildman–Crippen MR) is 88.0 cm³/mol. The molecule has 5 heteroatoms. The van der Waals surface area contributed by atoms with Crippen molar-refractivity contribution in [2.24, 2.45) is 0 Å². The molecule has 120 valence electrons. The van der Waals surface area contributed by atoms with Crippen molar-refractivity contribution in [2.75, 3.05) is 6.61 Å². The average molecular weight is 311 g/mol. The second-order valence-corrected chi connectivity index (χ2v) is 5.62. The van der Waals surface area contributed by atoms with Crippen molar-refractivity contribution in [3.05, 3.63) is 53.1 Å². The SMILES string of the molecule is CCOC(=O)/C=C/c1nnc(C2Cc3ccccc3C2)n1CC. The second kappa shape index (κ2) is 6.77. The molecule has 0 atom stereocenters. The lowest BCUT2D eigenvalue weighted by Crippen LogP contribution is -2.10. The minimum atomic E-state index is -0.354. The first-order chi connectivity index (χ1) is 11.2. The van der Waals surface area contributed by atoms with Crippen LogP contribution in [0.25, 0.3) is 6.08 Å². The van der Waals surface area contributed by atoms with Crippen LogP contribution in [0.3, 0.4) is 0 Å². The number of hydrogen-bond acceptors (Lipinski definition) is 4. The highest BCUT2D eigenvalue weighted by atomic mass is 16.5. The summed E-state index contributed by atoms with van der Waals surface area (Å²) in [7, 11) is 0. The van der Waals surface area contributed by atoms with Gasteiger partial charge in [-0.2, -0.15) is 0 Å². The zero-order valence-electron chi connectivity index (χ0n) is 13.5. The highest BCUT2D eigenvalue weighted by Gasteiger charge is 2.27. The van der Waals surface area contributed by atoms with Crippen molar-refractivity contribution in [2.45, 2.75) is 39.2 Å². The maximum Gasteiger partial charge on any atom is 0.330 e.